The number of methoxy groups -OCH3 is 1. The molecule has 0 bridgehead atoms. The minimum absolute atomic E-state index is 0.379. The molecule has 0 aromatic rings. The fourth-order valence-corrected chi connectivity index (χ4v) is 1.50. The number of rotatable bonds is 7. The average molecular weight is 265 g/mol. The van der Waals surface area contributed by atoms with Crippen molar-refractivity contribution in [3.8, 4) is 0 Å². The molecule has 1 N–H and O–H groups in total. The number of unbranched alkanes of at least 4 members (excludes halogenated alkanes) is 1. The number of nitrogens with zero attached hydrogens (tertiary/aromatic N) is 1. The summed E-state index contributed by atoms with van der Waals surface area (Å²) in [6.45, 7) is 2.50. The zero-order chi connectivity index (χ0) is 14.1. The van der Waals surface area contributed by atoms with Gasteiger partial charge in [0.05, 0.1) is 7.11 Å². The Bertz CT molecular complexity index is 442. The molecule has 5 heteroatoms. The molecule has 19 heavy (non-hydrogen) atoms. The minimum Gasteiger partial charge on any atom is -0.497 e. The van der Waals surface area contributed by atoms with Crippen molar-refractivity contribution in [2.75, 3.05) is 20.3 Å². The first-order valence-corrected chi connectivity index (χ1v) is 6.25. The summed E-state index contributed by atoms with van der Waals surface area (Å²) in [5.74, 6) is 3.00. The molecule has 0 saturated heterocycles. The van der Waals surface area contributed by atoms with Crippen molar-refractivity contribution in [1.82, 2.24) is 0 Å². The maximum Gasteiger partial charge on any atom is 0.341 e. The molecule has 0 spiro atoms. The summed E-state index contributed by atoms with van der Waals surface area (Å²) in [4.78, 5) is 14.7. The van der Waals surface area contributed by atoms with Crippen molar-refractivity contribution >= 4 is 11.8 Å². The Morgan fingerprint density at radius 1 is 1.53 bits per heavy atom. The first-order valence-electron chi connectivity index (χ1n) is 6.25. The Kier molecular flexibility index (Phi) is 6.47. The topological polar surface area (TPSA) is 68.1 Å². The van der Waals surface area contributed by atoms with Crippen molar-refractivity contribution in [3.63, 3.8) is 0 Å². The largest absolute Gasteiger partial charge is 0.497 e. The zero-order valence-corrected chi connectivity index (χ0v) is 11.3. The van der Waals surface area contributed by atoms with Gasteiger partial charge in [-0.2, -0.15) is 0 Å². The van der Waals surface area contributed by atoms with Crippen LogP contribution < -0.4 is 0 Å². The normalized spacial score (nSPS) is 14.1. The van der Waals surface area contributed by atoms with E-state index in [1.54, 1.807) is 6.08 Å². The van der Waals surface area contributed by atoms with Gasteiger partial charge >= 0.3 is 5.97 Å². The van der Waals surface area contributed by atoms with Crippen LogP contribution in [0.5, 0.6) is 0 Å². The summed E-state index contributed by atoms with van der Waals surface area (Å²) in [6, 6.07) is 0. The molecule has 0 aromatic carbocycles. The highest BCUT2D eigenvalue weighted by atomic mass is 16.5. The summed E-state index contributed by atoms with van der Waals surface area (Å²) in [5, 5.41) is 8.58. The molecule has 0 saturated carbocycles. The summed E-state index contributed by atoms with van der Waals surface area (Å²) in [5.41, 5.74) is 0.899. The van der Waals surface area contributed by atoms with Crippen LogP contribution in [0.15, 0.2) is 34.2 Å². The number of hydrogen-bond donors (Lipinski definition) is 1. The second-order valence-corrected chi connectivity index (χ2v) is 4.06. The lowest BCUT2D eigenvalue weighted by molar-refractivity contribution is -0.140. The molecule has 0 fully saturated rings. The highest BCUT2D eigenvalue weighted by molar-refractivity contribution is 5.68. The molecule has 0 aliphatic heterocycles. The standard InChI is InChI=1S/C14H19NO4/c1-3-4-7-15-9-11-5-6-12(13(8-11)18-2)19-10-14(16)17/h5-6H,3-4,7-8,10H2,1-2H3,(H,16,17). The lowest BCUT2D eigenvalue weighted by Gasteiger charge is -2.15. The molecule has 0 heterocycles. The van der Waals surface area contributed by atoms with E-state index < -0.39 is 5.97 Å². The summed E-state index contributed by atoms with van der Waals surface area (Å²) >= 11 is 0. The van der Waals surface area contributed by atoms with Gasteiger partial charge in [0.2, 0.25) is 0 Å². The summed E-state index contributed by atoms with van der Waals surface area (Å²) in [7, 11) is 1.53. The van der Waals surface area contributed by atoms with Gasteiger partial charge in [-0.15, -0.1) is 0 Å². The third-order valence-corrected chi connectivity index (χ3v) is 2.51. The molecule has 0 aromatic heterocycles. The van der Waals surface area contributed by atoms with Gasteiger partial charge < -0.3 is 14.6 Å². The number of aliphatic imine (C=N–C) groups is 1. The molecular formula is C14H19NO4. The average Bonchev–Trinajstić information content (AvgIpc) is 2.41. The van der Waals surface area contributed by atoms with E-state index in [4.69, 9.17) is 14.6 Å². The monoisotopic (exact) mass is 265 g/mol. The van der Waals surface area contributed by atoms with Gasteiger partial charge in [0.25, 0.3) is 0 Å². The molecular weight excluding hydrogens is 246 g/mol. The first kappa shape index (κ1) is 15.1. The highest BCUT2D eigenvalue weighted by Crippen LogP contribution is 2.22. The van der Waals surface area contributed by atoms with E-state index in [-0.39, 0.29) is 6.61 Å². The molecule has 0 unspecified atom stereocenters. The fourth-order valence-electron chi connectivity index (χ4n) is 1.50. The molecule has 1 aliphatic carbocycles. The van der Waals surface area contributed by atoms with Gasteiger partial charge in [0, 0.05) is 18.5 Å². The Labute approximate surface area is 112 Å². The van der Waals surface area contributed by atoms with Crippen molar-refractivity contribution in [2.24, 2.45) is 4.99 Å². The van der Waals surface area contributed by atoms with Crippen molar-refractivity contribution in [3.05, 3.63) is 29.2 Å². The van der Waals surface area contributed by atoms with E-state index in [0.717, 1.165) is 25.0 Å². The van der Waals surface area contributed by atoms with Crippen LogP contribution in [0.4, 0.5) is 0 Å². The van der Waals surface area contributed by atoms with Gasteiger partial charge in [-0.1, -0.05) is 13.3 Å². The molecule has 0 amide bonds. The van der Waals surface area contributed by atoms with Crippen LogP contribution >= 0.6 is 0 Å². The lowest BCUT2D eigenvalue weighted by atomic mass is 10.1. The van der Waals surface area contributed by atoms with Crippen LogP contribution in [0.2, 0.25) is 0 Å². The van der Waals surface area contributed by atoms with Crippen LogP contribution in [-0.4, -0.2) is 37.2 Å². The quantitative estimate of drug-likeness (QED) is 0.566. The number of carboxylic acids is 1. The predicted molar refractivity (Wildman–Crippen MR) is 72.1 cm³/mol. The molecule has 1 aliphatic rings. The van der Waals surface area contributed by atoms with Crippen LogP contribution in [0, 0.1) is 0 Å². The van der Waals surface area contributed by atoms with Crippen molar-refractivity contribution < 1.29 is 19.4 Å². The number of ether oxygens (including phenoxy) is 2. The van der Waals surface area contributed by atoms with E-state index in [0.29, 0.717) is 17.9 Å². The number of carboxylic acid groups (broad SMARTS) is 1. The van der Waals surface area contributed by atoms with Crippen LogP contribution in [0.1, 0.15) is 26.2 Å². The minimum atomic E-state index is -1.01. The molecule has 0 radical (unpaired) electrons. The Balaban J connectivity index is 2.68. The Morgan fingerprint density at radius 3 is 2.95 bits per heavy atom. The van der Waals surface area contributed by atoms with Crippen LogP contribution in [0.25, 0.3) is 0 Å². The SMILES string of the molecule is CCCCN=C=C1C=CC(OCC(=O)O)=C(OC)C1. The summed E-state index contributed by atoms with van der Waals surface area (Å²) < 4.78 is 10.3. The third kappa shape index (κ3) is 5.44. The van der Waals surface area contributed by atoms with E-state index in [1.165, 1.54) is 7.11 Å². The van der Waals surface area contributed by atoms with Gasteiger partial charge in [0.15, 0.2) is 12.4 Å². The van der Waals surface area contributed by atoms with Crippen LogP contribution in [-0.2, 0) is 14.3 Å². The fraction of sp³-hybridized carbons (Fsp3) is 0.500. The van der Waals surface area contributed by atoms with Gasteiger partial charge in [-0.05, 0) is 24.4 Å². The maximum absolute atomic E-state index is 10.5. The second kappa shape index (κ2) is 8.16. The number of aliphatic carboxylic acids is 1. The number of allylic oxidation sites excluding steroid dienone is 3. The van der Waals surface area contributed by atoms with E-state index >= 15 is 0 Å². The second-order valence-electron chi connectivity index (χ2n) is 4.06. The van der Waals surface area contributed by atoms with E-state index in [9.17, 15) is 4.79 Å². The van der Waals surface area contributed by atoms with Gasteiger partial charge in [0.1, 0.15) is 5.76 Å². The maximum atomic E-state index is 10.5. The molecule has 5 nitrogen and oxygen atoms in total. The first-order chi connectivity index (χ1) is 9.17. The Hall–Kier alpha value is -2.00. The van der Waals surface area contributed by atoms with Crippen molar-refractivity contribution in [2.45, 2.75) is 26.2 Å². The molecule has 0 atom stereocenters. The highest BCUT2D eigenvalue weighted by Gasteiger charge is 2.14. The van der Waals surface area contributed by atoms with Gasteiger partial charge in [-0.3, -0.25) is 0 Å². The Morgan fingerprint density at radius 2 is 2.32 bits per heavy atom. The molecule has 104 valence electrons. The summed E-state index contributed by atoms with van der Waals surface area (Å²) in [6.07, 6.45) is 6.16. The smallest absolute Gasteiger partial charge is 0.341 e. The van der Waals surface area contributed by atoms with E-state index in [2.05, 4.69) is 17.8 Å². The molecule has 1 rings (SSSR count). The number of hydrogen-bond acceptors (Lipinski definition) is 4. The predicted octanol–water partition coefficient (Wildman–Crippen LogP) is 2.30. The van der Waals surface area contributed by atoms with Crippen LogP contribution in [0.3, 0.4) is 0 Å². The van der Waals surface area contributed by atoms with Gasteiger partial charge in [-0.25, -0.2) is 9.79 Å². The number of carbonyl (C=O) groups is 1. The van der Waals surface area contributed by atoms with Crippen molar-refractivity contribution in [1.29, 1.82) is 0 Å². The zero-order valence-electron chi connectivity index (χ0n) is 11.3. The lowest BCUT2D eigenvalue weighted by Crippen LogP contribution is -2.10. The van der Waals surface area contributed by atoms with E-state index in [1.807, 2.05) is 6.08 Å². The third-order valence-electron chi connectivity index (χ3n) is 2.51.